The summed E-state index contributed by atoms with van der Waals surface area (Å²) in [7, 11) is 1.51. The number of nitrogens with one attached hydrogen (secondary N) is 2. The molecule has 0 aliphatic carbocycles. The molecule has 3 aromatic carbocycles. The van der Waals surface area contributed by atoms with Gasteiger partial charge in [0, 0.05) is 29.7 Å². The van der Waals surface area contributed by atoms with Crippen molar-refractivity contribution in [1.29, 1.82) is 0 Å². The molecule has 2 N–H and O–H groups in total. The predicted octanol–water partition coefficient (Wildman–Crippen LogP) is 5.39. The molecule has 3 aromatic rings. The largest absolute Gasteiger partial charge is 0.493 e. The Bertz CT molecular complexity index is 1220. The van der Waals surface area contributed by atoms with E-state index in [9.17, 15) is 9.59 Å². The van der Waals surface area contributed by atoms with Gasteiger partial charge in [-0.2, -0.15) is 0 Å². The topological polar surface area (TPSA) is 79.9 Å². The number of halogens is 2. The minimum absolute atomic E-state index is 0.0825. The number of hydrazine groups is 1. The number of carbonyl (C=O) groups is 2. The molecule has 2 amide bonds. The predicted molar refractivity (Wildman–Crippen MR) is 137 cm³/mol. The van der Waals surface area contributed by atoms with Gasteiger partial charge in [-0.25, -0.2) is 0 Å². The van der Waals surface area contributed by atoms with Gasteiger partial charge >= 0.3 is 0 Å². The zero-order valence-corrected chi connectivity index (χ0v) is 20.8. The average Bonchev–Trinajstić information content (AvgIpc) is 3.24. The van der Waals surface area contributed by atoms with E-state index in [0.717, 1.165) is 16.8 Å². The van der Waals surface area contributed by atoms with E-state index in [4.69, 9.17) is 32.7 Å². The fraction of sp³-hybridized carbons (Fsp3) is 0.231. The second-order valence-corrected chi connectivity index (χ2v) is 9.10. The summed E-state index contributed by atoms with van der Waals surface area (Å²) in [5.74, 6) is -0.0522. The highest BCUT2D eigenvalue weighted by molar-refractivity contribution is 6.32. The molecule has 4 rings (SSSR count). The van der Waals surface area contributed by atoms with Gasteiger partial charge in [-0.15, -0.1) is 0 Å². The van der Waals surface area contributed by atoms with Crippen molar-refractivity contribution < 1.29 is 19.1 Å². The molecule has 9 heteroatoms. The lowest BCUT2D eigenvalue weighted by atomic mass is 10.1. The molecule has 1 fully saturated rings. The number of amides is 2. The highest BCUT2D eigenvalue weighted by Gasteiger charge is 2.35. The number of carbonyl (C=O) groups excluding carboxylic acids is 2. The summed E-state index contributed by atoms with van der Waals surface area (Å²) >= 11 is 12.4. The van der Waals surface area contributed by atoms with Crippen LogP contribution in [0, 0.1) is 12.8 Å². The van der Waals surface area contributed by atoms with Crippen LogP contribution >= 0.6 is 23.2 Å². The summed E-state index contributed by atoms with van der Waals surface area (Å²) in [6.07, 6.45) is 0.142. The van der Waals surface area contributed by atoms with E-state index >= 15 is 0 Å². The fourth-order valence-electron chi connectivity index (χ4n) is 3.76. The highest BCUT2D eigenvalue weighted by atomic mass is 35.5. The van der Waals surface area contributed by atoms with Crippen LogP contribution in [-0.2, 0) is 16.2 Å². The number of rotatable bonds is 8. The Hall–Kier alpha value is -3.42. The molecule has 1 heterocycles. The number of hydrogen-bond acceptors (Lipinski definition) is 5. The minimum Gasteiger partial charge on any atom is -0.493 e. The lowest BCUT2D eigenvalue weighted by molar-refractivity contribution is -0.125. The summed E-state index contributed by atoms with van der Waals surface area (Å²) in [6.45, 7) is 2.58. The standard InChI is InChI=1S/C26H25Cl2N3O4/c1-16-3-9-21(10-4-16)31-14-18(11-24(31)32)26(33)30-29-20-12-22(28)25(23(13-20)34-2)35-15-17-5-7-19(27)8-6-17/h3-10,12-13,18,29H,11,14-15H2,1-2H3,(H,30,33)/t18-/m1/s1. The summed E-state index contributed by atoms with van der Waals surface area (Å²) in [5, 5.41) is 0.961. The van der Waals surface area contributed by atoms with E-state index < -0.39 is 5.92 Å². The van der Waals surface area contributed by atoms with Crippen LogP contribution in [0.25, 0.3) is 0 Å². The van der Waals surface area contributed by atoms with Gasteiger partial charge in [0.15, 0.2) is 11.5 Å². The van der Waals surface area contributed by atoms with Crippen LogP contribution in [0.3, 0.4) is 0 Å². The van der Waals surface area contributed by atoms with Gasteiger partial charge in [-0.05, 0) is 42.8 Å². The molecule has 0 unspecified atom stereocenters. The minimum atomic E-state index is -0.476. The van der Waals surface area contributed by atoms with Crippen LogP contribution in [0.15, 0.2) is 60.7 Å². The fourth-order valence-corrected chi connectivity index (χ4v) is 4.15. The van der Waals surface area contributed by atoms with E-state index in [0.29, 0.717) is 33.8 Å². The molecule has 35 heavy (non-hydrogen) atoms. The molecule has 7 nitrogen and oxygen atoms in total. The zero-order chi connectivity index (χ0) is 24.9. The first-order chi connectivity index (χ1) is 16.8. The number of anilines is 2. The molecule has 182 valence electrons. The van der Waals surface area contributed by atoms with Gasteiger partial charge in [0.1, 0.15) is 6.61 Å². The van der Waals surface area contributed by atoms with Crippen LogP contribution in [0.1, 0.15) is 17.5 Å². The Kier molecular flexibility index (Phi) is 7.68. The Morgan fingerprint density at radius 2 is 1.80 bits per heavy atom. The van der Waals surface area contributed by atoms with E-state index in [1.54, 1.807) is 29.2 Å². The van der Waals surface area contributed by atoms with Gasteiger partial charge < -0.3 is 14.4 Å². The smallest absolute Gasteiger partial charge is 0.243 e. The molecule has 0 bridgehead atoms. The lowest BCUT2D eigenvalue weighted by Gasteiger charge is -2.18. The summed E-state index contributed by atoms with van der Waals surface area (Å²) < 4.78 is 11.3. The van der Waals surface area contributed by atoms with Crippen molar-refractivity contribution in [3.8, 4) is 11.5 Å². The number of aryl methyl sites for hydroxylation is 1. The van der Waals surface area contributed by atoms with E-state index in [1.165, 1.54) is 7.11 Å². The maximum atomic E-state index is 12.7. The van der Waals surface area contributed by atoms with Crippen molar-refractivity contribution in [3.63, 3.8) is 0 Å². The van der Waals surface area contributed by atoms with Crippen molar-refractivity contribution in [2.45, 2.75) is 20.0 Å². The third-order valence-corrected chi connectivity index (χ3v) is 6.23. The molecule has 0 saturated carbocycles. The van der Waals surface area contributed by atoms with Crippen molar-refractivity contribution in [1.82, 2.24) is 5.43 Å². The van der Waals surface area contributed by atoms with Crippen molar-refractivity contribution in [2.75, 3.05) is 24.0 Å². The molecule has 1 atom stereocenters. The third kappa shape index (κ3) is 5.99. The molecular formula is C26H25Cl2N3O4. The number of hydrogen-bond donors (Lipinski definition) is 2. The van der Waals surface area contributed by atoms with E-state index in [-0.39, 0.29) is 24.8 Å². The van der Waals surface area contributed by atoms with Crippen LogP contribution in [0.5, 0.6) is 11.5 Å². The molecule has 0 spiro atoms. The van der Waals surface area contributed by atoms with Crippen LogP contribution in [-0.4, -0.2) is 25.5 Å². The maximum absolute atomic E-state index is 12.7. The van der Waals surface area contributed by atoms with E-state index in [2.05, 4.69) is 10.9 Å². The molecule has 0 radical (unpaired) electrons. The number of nitrogens with zero attached hydrogens (tertiary/aromatic N) is 1. The molecule has 1 saturated heterocycles. The Balaban J connectivity index is 1.37. The zero-order valence-electron chi connectivity index (χ0n) is 19.3. The van der Waals surface area contributed by atoms with Gasteiger partial charge in [0.2, 0.25) is 11.8 Å². The molecule has 1 aliphatic heterocycles. The normalized spacial score (nSPS) is 15.1. The number of ether oxygens (including phenoxy) is 2. The first kappa shape index (κ1) is 24.7. The van der Waals surface area contributed by atoms with Crippen LogP contribution < -0.4 is 25.2 Å². The monoisotopic (exact) mass is 513 g/mol. The quantitative estimate of drug-likeness (QED) is 0.395. The summed E-state index contributed by atoms with van der Waals surface area (Å²) in [5.41, 5.74) is 8.85. The van der Waals surface area contributed by atoms with Gasteiger partial charge in [0.25, 0.3) is 0 Å². The lowest BCUT2D eigenvalue weighted by Crippen LogP contribution is -2.36. The highest BCUT2D eigenvalue weighted by Crippen LogP contribution is 2.38. The van der Waals surface area contributed by atoms with Gasteiger partial charge in [-0.3, -0.25) is 20.4 Å². The maximum Gasteiger partial charge on any atom is 0.243 e. The average molecular weight is 514 g/mol. The SMILES string of the molecule is COc1cc(NNC(=O)[C@@H]2CC(=O)N(c3ccc(C)cc3)C2)cc(Cl)c1OCc1ccc(Cl)cc1. The van der Waals surface area contributed by atoms with E-state index in [1.807, 2.05) is 43.3 Å². The van der Waals surface area contributed by atoms with Crippen molar-refractivity contribution >= 4 is 46.4 Å². The van der Waals surface area contributed by atoms with Crippen LogP contribution in [0.2, 0.25) is 10.0 Å². The first-order valence-corrected chi connectivity index (χ1v) is 11.8. The number of benzene rings is 3. The second kappa shape index (κ2) is 10.9. The molecular weight excluding hydrogens is 489 g/mol. The Morgan fingerprint density at radius 3 is 2.49 bits per heavy atom. The summed E-state index contributed by atoms with van der Waals surface area (Å²) in [6, 6.07) is 18.2. The second-order valence-electron chi connectivity index (χ2n) is 8.26. The van der Waals surface area contributed by atoms with Crippen molar-refractivity contribution in [3.05, 3.63) is 81.8 Å². The van der Waals surface area contributed by atoms with Crippen molar-refractivity contribution in [2.24, 2.45) is 5.92 Å². The van der Waals surface area contributed by atoms with Gasteiger partial charge in [-0.1, -0.05) is 53.0 Å². The number of methoxy groups -OCH3 is 1. The van der Waals surface area contributed by atoms with Crippen LogP contribution in [0.4, 0.5) is 11.4 Å². The summed E-state index contributed by atoms with van der Waals surface area (Å²) in [4.78, 5) is 26.8. The molecule has 0 aromatic heterocycles. The first-order valence-electron chi connectivity index (χ1n) is 11.0. The Labute approximate surface area is 213 Å². The van der Waals surface area contributed by atoms with Gasteiger partial charge in [0.05, 0.1) is 23.7 Å². The Morgan fingerprint density at radius 1 is 1.09 bits per heavy atom. The molecule has 1 aliphatic rings. The third-order valence-electron chi connectivity index (χ3n) is 5.70.